The molecule has 0 amide bonds. The summed E-state index contributed by atoms with van der Waals surface area (Å²) in [5, 5.41) is 11.7. The van der Waals surface area contributed by atoms with E-state index in [0.29, 0.717) is 6.42 Å². The molecule has 0 unspecified atom stereocenters. The molecule has 0 spiro atoms. The van der Waals surface area contributed by atoms with Gasteiger partial charge in [0.05, 0.1) is 6.10 Å². The highest BCUT2D eigenvalue weighted by atomic mass is 32.1. The minimum absolute atomic E-state index is 0.0888. The molecular formula is C13H18O2S. The van der Waals surface area contributed by atoms with Crippen LogP contribution in [0.15, 0.2) is 29.7 Å². The Balaban J connectivity index is 2.46. The van der Waals surface area contributed by atoms with Crippen molar-refractivity contribution in [2.45, 2.75) is 33.3 Å². The van der Waals surface area contributed by atoms with Crippen molar-refractivity contribution >= 4 is 17.1 Å². The topological polar surface area (TPSA) is 37.3 Å². The minimum atomic E-state index is -0.496. The number of carbonyl (C=O) groups is 1. The van der Waals surface area contributed by atoms with Crippen molar-refractivity contribution in [2.24, 2.45) is 5.41 Å². The zero-order valence-electron chi connectivity index (χ0n) is 9.93. The molecule has 2 nitrogen and oxygen atoms in total. The average molecular weight is 238 g/mol. The van der Waals surface area contributed by atoms with E-state index in [1.807, 2.05) is 38.3 Å². The standard InChI is InChI=1S/C13H18O2S/c1-13(2,3)12(15)8-4-6-10(14)11-7-5-9-16-11/h4-5,7-10,14H,6H2,1-3H3/t10-/m1/s1. The van der Waals surface area contributed by atoms with Gasteiger partial charge in [0, 0.05) is 10.3 Å². The highest BCUT2D eigenvalue weighted by Gasteiger charge is 2.18. The Hall–Kier alpha value is -0.930. The second-order valence-electron chi connectivity index (χ2n) is 4.78. The van der Waals surface area contributed by atoms with Crippen LogP contribution in [0.25, 0.3) is 0 Å². The Morgan fingerprint density at radius 1 is 1.56 bits per heavy atom. The molecular weight excluding hydrogens is 220 g/mol. The predicted molar refractivity (Wildman–Crippen MR) is 67.5 cm³/mol. The number of hydrogen-bond acceptors (Lipinski definition) is 3. The average Bonchev–Trinajstić information content (AvgIpc) is 2.68. The van der Waals surface area contributed by atoms with E-state index in [-0.39, 0.29) is 11.2 Å². The summed E-state index contributed by atoms with van der Waals surface area (Å²) in [7, 11) is 0. The van der Waals surface area contributed by atoms with Gasteiger partial charge in [0.15, 0.2) is 5.78 Å². The zero-order chi connectivity index (χ0) is 12.2. The van der Waals surface area contributed by atoms with Gasteiger partial charge in [-0.15, -0.1) is 11.3 Å². The molecule has 0 saturated carbocycles. The highest BCUT2D eigenvalue weighted by molar-refractivity contribution is 7.10. The summed E-state index contributed by atoms with van der Waals surface area (Å²) in [6, 6.07) is 3.81. The lowest BCUT2D eigenvalue weighted by Gasteiger charge is -2.13. The monoisotopic (exact) mass is 238 g/mol. The fraction of sp³-hybridized carbons (Fsp3) is 0.462. The fourth-order valence-electron chi connectivity index (χ4n) is 1.15. The summed E-state index contributed by atoms with van der Waals surface area (Å²) in [5.41, 5.74) is -0.343. The van der Waals surface area contributed by atoms with Gasteiger partial charge in [-0.25, -0.2) is 0 Å². The van der Waals surface area contributed by atoms with Crippen LogP contribution in [0.4, 0.5) is 0 Å². The van der Waals surface area contributed by atoms with E-state index in [4.69, 9.17) is 0 Å². The number of ketones is 1. The summed E-state index contributed by atoms with van der Waals surface area (Å²) in [6.45, 7) is 5.65. The molecule has 0 aliphatic heterocycles. The van der Waals surface area contributed by atoms with Gasteiger partial charge in [-0.2, -0.15) is 0 Å². The maximum atomic E-state index is 11.6. The first-order chi connectivity index (χ1) is 7.41. The molecule has 1 rings (SSSR count). The molecule has 88 valence electrons. The first kappa shape index (κ1) is 13.1. The SMILES string of the molecule is CC(C)(C)C(=O)C=CC[C@@H](O)c1cccs1. The summed E-state index contributed by atoms with van der Waals surface area (Å²) in [5.74, 6) is 0.0888. The molecule has 1 heterocycles. The molecule has 1 N–H and O–H groups in total. The fourth-order valence-corrected chi connectivity index (χ4v) is 1.88. The molecule has 16 heavy (non-hydrogen) atoms. The van der Waals surface area contributed by atoms with Gasteiger partial charge in [-0.05, 0) is 23.9 Å². The Morgan fingerprint density at radius 3 is 2.75 bits per heavy atom. The largest absolute Gasteiger partial charge is 0.387 e. The summed E-state index contributed by atoms with van der Waals surface area (Å²) in [6.07, 6.45) is 3.31. The van der Waals surface area contributed by atoms with Crippen LogP contribution in [0.2, 0.25) is 0 Å². The second-order valence-corrected chi connectivity index (χ2v) is 5.76. The van der Waals surface area contributed by atoms with E-state index in [0.717, 1.165) is 4.88 Å². The summed E-state index contributed by atoms with van der Waals surface area (Å²) in [4.78, 5) is 12.5. The Kier molecular flexibility index (Phi) is 4.44. The number of aliphatic hydroxyl groups excluding tert-OH is 1. The van der Waals surface area contributed by atoms with Gasteiger partial charge in [-0.3, -0.25) is 4.79 Å². The molecule has 3 heteroatoms. The smallest absolute Gasteiger partial charge is 0.160 e. The first-order valence-corrected chi connectivity index (χ1v) is 6.21. The van der Waals surface area contributed by atoms with Crippen LogP contribution in [-0.2, 0) is 4.79 Å². The van der Waals surface area contributed by atoms with Gasteiger partial charge >= 0.3 is 0 Å². The van der Waals surface area contributed by atoms with Crippen LogP contribution < -0.4 is 0 Å². The van der Waals surface area contributed by atoms with Gasteiger partial charge in [0.25, 0.3) is 0 Å². The van der Waals surface area contributed by atoms with Crippen LogP contribution >= 0.6 is 11.3 Å². The minimum Gasteiger partial charge on any atom is -0.387 e. The van der Waals surface area contributed by atoms with E-state index >= 15 is 0 Å². The molecule has 0 saturated heterocycles. The van der Waals surface area contributed by atoms with Crippen molar-refractivity contribution in [3.05, 3.63) is 34.5 Å². The molecule has 1 aromatic heterocycles. The molecule has 0 radical (unpaired) electrons. The third kappa shape index (κ3) is 3.91. The van der Waals surface area contributed by atoms with Crippen molar-refractivity contribution in [1.82, 2.24) is 0 Å². The second kappa shape index (κ2) is 5.41. The van der Waals surface area contributed by atoms with Gasteiger partial charge in [0.2, 0.25) is 0 Å². The predicted octanol–water partition coefficient (Wildman–Crippen LogP) is 3.34. The van der Waals surface area contributed by atoms with Gasteiger partial charge in [-0.1, -0.05) is 32.9 Å². The maximum Gasteiger partial charge on any atom is 0.160 e. The molecule has 1 atom stereocenters. The quantitative estimate of drug-likeness (QED) is 0.817. The van der Waals surface area contributed by atoms with Crippen molar-refractivity contribution in [3.8, 4) is 0 Å². The van der Waals surface area contributed by atoms with E-state index in [1.54, 1.807) is 12.2 Å². The maximum absolute atomic E-state index is 11.6. The summed E-state index contributed by atoms with van der Waals surface area (Å²) < 4.78 is 0. The van der Waals surface area contributed by atoms with Crippen molar-refractivity contribution in [2.75, 3.05) is 0 Å². The van der Waals surface area contributed by atoms with Crippen LogP contribution in [0, 0.1) is 5.41 Å². The third-order valence-electron chi connectivity index (χ3n) is 2.24. The molecule has 0 aromatic carbocycles. The van der Waals surface area contributed by atoms with Crippen LogP contribution in [0.5, 0.6) is 0 Å². The van der Waals surface area contributed by atoms with E-state index < -0.39 is 6.10 Å². The summed E-state index contributed by atoms with van der Waals surface area (Å²) >= 11 is 1.53. The lowest BCUT2D eigenvalue weighted by atomic mass is 9.90. The number of carbonyl (C=O) groups excluding carboxylic acids is 1. The van der Waals surface area contributed by atoms with E-state index in [1.165, 1.54) is 11.3 Å². The molecule has 0 fully saturated rings. The number of allylic oxidation sites excluding steroid dienone is 1. The van der Waals surface area contributed by atoms with Crippen molar-refractivity contribution < 1.29 is 9.90 Å². The Bertz CT molecular complexity index is 358. The molecule has 0 bridgehead atoms. The lowest BCUT2D eigenvalue weighted by molar-refractivity contribution is -0.121. The number of rotatable bonds is 4. The van der Waals surface area contributed by atoms with Crippen molar-refractivity contribution in [1.29, 1.82) is 0 Å². The molecule has 0 aliphatic rings. The van der Waals surface area contributed by atoms with Crippen LogP contribution in [0.1, 0.15) is 38.2 Å². The zero-order valence-corrected chi connectivity index (χ0v) is 10.8. The van der Waals surface area contributed by atoms with E-state index in [2.05, 4.69) is 0 Å². The number of aliphatic hydroxyl groups is 1. The number of hydrogen-bond donors (Lipinski definition) is 1. The lowest BCUT2D eigenvalue weighted by Crippen LogP contribution is -2.17. The normalized spacial score (nSPS) is 14.2. The van der Waals surface area contributed by atoms with Gasteiger partial charge in [0.1, 0.15) is 0 Å². The Morgan fingerprint density at radius 2 is 2.25 bits per heavy atom. The van der Waals surface area contributed by atoms with Crippen LogP contribution in [0.3, 0.4) is 0 Å². The van der Waals surface area contributed by atoms with Crippen LogP contribution in [-0.4, -0.2) is 10.9 Å². The highest BCUT2D eigenvalue weighted by Crippen LogP contribution is 2.22. The number of thiophene rings is 1. The molecule has 1 aromatic rings. The third-order valence-corrected chi connectivity index (χ3v) is 3.21. The van der Waals surface area contributed by atoms with Gasteiger partial charge < -0.3 is 5.11 Å². The first-order valence-electron chi connectivity index (χ1n) is 5.33. The molecule has 0 aliphatic carbocycles. The van der Waals surface area contributed by atoms with Crippen molar-refractivity contribution in [3.63, 3.8) is 0 Å². The van der Waals surface area contributed by atoms with E-state index in [9.17, 15) is 9.90 Å². The Labute approximate surface area is 101 Å².